The molecule has 0 aromatic heterocycles. The highest BCUT2D eigenvalue weighted by Gasteiger charge is 2.45. The van der Waals surface area contributed by atoms with E-state index in [9.17, 15) is 14.7 Å². The zero-order valence-corrected chi connectivity index (χ0v) is 16.1. The summed E-state index contributed by atoms with van der Waals surface area (Å²) >= 11 is 0. The zero-order valence-electron chi connectivity index (χ0n) is 16.1. The lowest BCUT2D eigenvalue weighted by molar-refractivity contribution is -0.151. The second kappa shape index (κ2) is 7.91. The predicted molar refractivity (Wildman–Crippen MR) is 98.0 cm³/mol. The molecule has 1 aliphatic rings. The van der Waals surface area contributed by atoms with Crippen molar-refractivity contribution in [1.82, 2.24) is 4.90 Å². The molecule has 0 unspecified atom stereocenters. The van der Waals surface area contributed by atoms with E-state index in [1.165, 1.54) is 14.2 Å². The van der Waals surface area contributed by atoms with Gasteiger partial charge in [-0.1, -0.05) is 24.3 Å². The molecule has 6 heteroatoms. The van der Waals surface area contributed by atoms with Crippen molar-refractivity contribution < 1.29 is 24.2 Å². The van der Waals surface area contributed by atoms with Crippen molar-refractivity contribution in [2.75, 3.05) is 14.2 Å². The summed E-state index contributed by atoms with van der Waals surface area (Å²) < 4.78 is 9.87. The Morgan fingerprint density at radius 2 is 1.62 bits per heavy atom. The van der Waals surface area contributed by atoms with Crippen LogP contribution in [-0.2, 0) is 19.1 Å². The van der Waals surface area contributed by atoms with E-state index in [4.69, 9.17) is 9.47 Å². The number of fused-ring (bicyclic) bond motifs is 1. The van der Waals surface area contributed by atoms with E-state index in [0.717, 1.165) is 5.56 Å². The second-order valence-electron chi connectivity index (χ2n) is 6.88. The zero-order chi connectivity index (χ0) is 19.6. The first-order chi connectivity index (χ1) is 12.3. The molecule has 0 amide bonds. The van der Waals surface area contributed by atoms with E-state index < -0.39 is 24.0 Å². The van der Waals surface area contributed by atoms with Gasteiger partial charge in [-0.2, -0.15) is 0 Å². The minimum Gasteiger partial charge on any atom is -0.468 e. The number of hydrogen-bond acceptors (Lipinski definition) is 6. The topological polar surface area (TPSA) is 76.1 Å². The van der Waals surface area contributed by atoms with Gasteiger partial charge < -0.3 is 19.5 Å². The second-order valence-corrected chi connectivity index (χ2v) is 6.88. The number of benzene rings is 1. The maximum atomic E-state index is 12.7. The van der Waals surface area contributed by atoms with Crippen LogP contribution in [0.2, 0.25) is 0 Å². The maximum Gasteiger partial charge on any atom is 0.336 e. The van der Waals surface area contributed by atoms with Gasteiger partial charge in [0.25, 0.3) is 0 Å². The van der Waals surface area contributed by atoms with Crippen LogP contribution < -0.4 is 0 Å². The third-order valence-corrected chi connectivity index (χ3v) is 4.65. The molecule has 0 aliphatic heterocycles. The summed E-state index contributed by atoms with van der Waals surface area (Å²) in [5, 5.41) is 10.9. The SMILES string of the molecule is COC(=O)C1=C(N(C(C)C)C(C)C)c2ccccc2[C@H](O)[C@@H]1C(=O)OC. The fourth-order valence-electron chi connectivity index (χ4n) is 3.70. The highest BCUT2D eigenvalue weighted by molar-refractivity contribution is 6.04. The smallest absolute Gasteiger partial charge is 0.336 e. The fraction of sp³-hybridized carbons (Fsp3) is 0.500. The number of aliphatic hydroxyl groups excluding tert-OH is 1. The first-order valence-corrected chi connectivity index (χ1v) is 8.72. The summed E-state index contributed by atoms with van der Waals surface area (Å²) in [6.07, 6.45) is -1.18. The van der Waals surface area contributed by atoms with Gasteiger partial charge in [0.2, 0.25) is 0 Å². The number of hydrogen-bond donors (Lipinski definition) is 1. The van der Waals surface area contributed by atoms with E-state index in [1.807, 2.05) is 39.8 Å². The first kappa shape index (κ1) is 20.0. The first-order valence-electron chi connectivity index (χ1n) is 8.72. The Kier molecular flexibility index (Phi) is 6.08. The number of ether oxygens (including phenoxy) is 2. The van der Waals surface area contributed by atoms with Crippen LogP contribution in [0.3, 0.4) is 0 Å². The molecule has 0 saturated heterocycles. The minimum atomic E-state index is -1.18. The quantitative estimate of drug-likeness (QED) is 0.812. The molecule has 1 aromatic carbocycles. The molecule has 0 fully saturated rings. The Bertz CT molecular complexity index is 715. The number of carbonyl (C=O) groups excluding carboxylic acids is 2. The molecule has 26 heavy (non-hydrogen) atoms. The Morgan fingerprint density at radius 1 is 1.04 bits per heavy atom. The number of rotatable bonds is 5. The van der Waals surface area contributed by atoms with Crippen molar-refractivity contribution in [3.8, 4) is 0 Å². The van der Waals surface area contributed by atoms with Gasteiger partial charge in [-0.3, -0.25) is 4.79 Å². The third kappa shape index (κ3) is 3.33. The lowest BCUT2D eigenvalue weighted by Gasteiger charge is -2.41. The van der Waals surface area contributed by atoms with Gasteiger partial charge >= 0.3 is 11.9 Å². The normalized spacial score (nSPS) is 19.4. The standard InChI is InChI=1S/C20H27NO5/c1-11(2)21(12(3)4)17-13-9-7-8-10-14(13)18(22)16(20(24)26-6)15(17)19(23)25-5/h7-12,16,18,22H,1-6H3/t16-,18+/m1/s1. The number of nitrogens with zero attached hydrogens (tertiary/aromatic N) is 1. The molecule has 142 valence electrons. The van der Waals surface area contributed by atoms with E-state index >= 15 is 0 Å². The van der Waals surface area contributed by atoms with Crippen molar-refractivity contribution in [2.45, 2.75) is 45.9 Å². The van der Waals surface area contributed by atoms with Gasteiger partial charge in [-0.15, -0.1) is 0 Å². The lowest BCUT2D eigenvalue weighted by atomic mass is 9.78. The van der Waals surface area contributed by atoms with E-state index in [1.54, 1.807) is 12.1 Å². The molecule has 0 saturated carbocycles. The summed E-state index contributed by atoms with van der Waals surface area (Å²) in [7, 11) is 2.51. The van der Waals surface area contributed by atoms with Gasteiger partial charge in [0.1, 0.15) is 5.92 Å². The number of carbonyl (C=O) groups is 2. The predicted octanol–water partition coefficient (Wildman–Crippen LogP) is 2.53. The molecular weight excluding hydrogens is 334 g/mol. The van der Waals surface area contributed by atoms with Crippen LogP contribution in [0.25, 0.3) is 5.70 Å². The fourth-order valence-corrected chi connectivity index (χ4v) is 3.70. The van der Waals surface area contributed by atoms with Crippen LogP contribution in [0.1, 0.15) is 44.9 Å². The molecule has 0 spiro atoms. The molecular formula is C20H27NO5. The van der Waals surface area contributed by atoms with Crippen LogP contribution >= 0.6 is 0 Å². The molecule has 1 aliphatic carbocycles. The number of aliphatic hydroxyl groups is 1. The molecule has 6 nitrogen and oxygen atoms in total. The van der Waals surface area contributed by atoms with Crippen molar-refractivity contribution in [1.29, 1.82) is 0 Å². The van der Waals surface area contributed by atoms with Gasteiger partial charge in [-0.05, 0) is 33.3 Å². The molecule has 0 heterocycles. The summed E-state index contributed by atoms with van der Waals surface area (Å²) in [5.74, 6) is -2.45. The number of methoxy groups -OCH3 is 2. The Morgan fingerprint density at radius 3 is 2.12 bits per heavy atom. The van der Waals surface area contributed by atoms with Gasteiger partial charge in [0, 0.05) is 17.6 Å². The van der Waals surface area contributed by atoms with Crippen molar-refractivity contribution >= 4 is 17.6 Å². The van der Waals surface area contributed by atoms with Crippen LogP contribution in [-0.4, -0.2) is 48.2 Å². The van der Waals surface area contributed by atoms with E-state index in [2.05, 4.69) is 4.90 Å². The summed E-state index contributed by atoms with van der Waals surface area (Å²) in [6, 6.07) is 7.38. The van der Waals surface area contributed by atoms with Crippen molar-refractivity contribution in [3.63, 3.8) is 0 Å². The van der Waals surface area contributed by atoms with Crippen LogP contribution in [0.4, 0.5) is 0 Å². The van der Waals surface area contributed by atoms with Crippen molar-refractivity contribution in [3.05, 3.63) is 41.0 Å². The molecule has 2 atom stereocenters. The van der Waals surface area contributed by atoms with Gasteiger partial charge in [0.15, 0.2) is 0 Å². The van der Waals surface area contributed by atoms with E-state index in [0.29, 0.717) is 11.3 Å². The molecule has 1 N–H and O–H groups in total. The summed E-state index contributed by atoms with van der Waals surface area (Å²) in [5.41, 5.74) is 2.06. The molecule has 1 aromatic rings. The summed E-state index contributed by atoms with van der Waals surface area (Å²) in [4.78, 5) is 27.2. The monoisotopic (exact) mass is 361 g/mol. The van der Waals surface area contributed by atoms with Crippen LogP contribution in [0, 0.1) is 5.92 Å². The van der Waals surface area contributed by atoms with E-state index in [-0.39, 0.29) is 17.7 Å². The highest BCUT2D eigenvalue weighted by atomic mass is 16.5. The minimum absolute atomic E-state index is 0.0613. The average Bonchev–Trinajstić information content (AvgIpc) is 2.61. The maximum absolute atomic E-state index is 12.7. The van der Waals surface area contributed by atoms with Crippen LogP contribution in [0.5, 0.6) is 0 Å². The van der Waals surface area contributed by atoms with Gasteiger partial charge in [0.05, 0.1) is 31.6 Å². The van der Waals surface area contributed by atoms with Crippen molar-refractivity contribution in [2.24, 2.45) is 5.92 Å². The molecule has 0 radical (unpaired) electrons. The lowest BCUT2D eigenvalue weighted by Crippen LogP contribution is -2.42. The highest BCUT2D eigenvalue weighted by Crippen LogP contribution is 2.44. The number of esters is 2. The Balaban J connectivity index is 2.90. The molecule has 0 bridgehead atoms. The Hall–Kier alpha value is -2.34. The van der Waals surface area contributed by atoms with Gasteiger partial charge in [-0.25, -0.2) is 4.79 Å². The third-order valence-electron chi connectivity index (χ3n) is 4.65. The average molecular weight is 361 g/mol. The summed E-state index contributed by atoms with van der Waals surface area (Å²) in [6.45, 7) is 8.07. The Labute approximate surface area is 154 Å². The van der Waals surface area contributed by atoms with Crippen LogP contribution in [0.15, 0.2) is 29.8 Å². The molecule has 2 rings (SSSR count). The largest absolute Gasteiger partial charge is 0.468 e.